The van der Waals surface area contributed by atoms with Crippen LogP contribution >= 0.6 is 0 Å². The summed E-state index contributed by atoms with van der Waals surface area (Å²) in [6, 6.07) is 8.32. The molecule has 0 aliphatic carbocycles. The number of benzene rings is 1. The van der Waals surface area contributed by atoms with Crippen molar-refractivity contribution in [3.05, 3.63) is 41.1 Å². The molecule has 0 fully saturated rings. The zero-order chi connectivity index (χ0) is 16.9. The van der Waals surface area contributed by atoms with Gasteiger partial charge in [0.2, 0.25) is 5.95 Å². The average Bonchev–Trinajstić information content (AvgIpc) is 2.65. The largest absolute Gasteiger partial charge is 0.497 e. The monoisotopic (exact) mass is 328 g/mol. The molecule has 0 bridgehead atoms. The number of methoxy groups -OCH3 is 1. The summed E-state index contributed by atoms with van der Waals surface area (Å²) in [6.07, 6.45) is 1.82. The molecule has 1 aliphatic heterocycles. The van der Waals surface area contributed by atoms with Gasteiger partial charge in [0.1, 0.15) is 11.6 Å². The molecule has 0 radical (unpaired) electrons. The van der Waals surface area contributed by atoms with Gasteiger partial charge in [0.15, 0.2) is 0 Å². The smallest absolute Gasteiger partial charge is 0.224 e. The molecule has 128 valence electrons. The number of hydrogen-bond donors (Lipinski definition) is 2. The van der Waals surface area contributed by atoms with Crippen LogP contribution in [0.25, 0.3) is 0 Å². The van der Waals surface area contributed by atoms with Gasteiger partial charge < -0.3 is 20.1 Å². The molecular formula is C18H24N4O2. The molecule has 1 aromatic carbocycles. The third kappa shape index (κ3) is 3.59. The second-order valence-corrected chi connectivity index (χ2v) is 5.85. The predicted octanol–water partition coefficient (Wildman–Crippen LogP) is 2.01. The molecule has 0 atom stereocenters. The third-order valence-electron chi connectivity index (χ3n) is 4.27. The van der Waals surface area contributed by atoms with Gasteiger partial charge in [-0.1, -0.05) is 13.0 Å². The molecule has 0 saturated heterocycles. The molecule has 6 heteroatoms. The van der Waals surface area contributed by atoms with Gasteiger partial charge in [0.05, 0.1) is 13.7 Å². The van der Waals surface area contributed by atoms with Crippen LogP contribution < -0.4 is 15.0 Å². The van der Waals surface area contributed by atoms with Gasteiger partial charge in [-0.2, -0.15) is 4.98 Å². The van der Waals surface area contributed by atoms with Gasteiger partial charge >= 0.3 is 0 Å². The number of aromatic nitrogens is 2. The molecular weight excluding hydrogens is 304 g/mol. The maximum atomic E-state index is 8.99. The normalized spacial score (nSPS) is 13.5. The first-order valence-corrected chi connectivity index (χ1v) is 8.37. The van der Waals surface area contributed by atoms with E-state index in [-0.39, 0.29) is 6.61 Å². The van der Waals surface area contributed by atoms with E-state index in [1.54, 1.807) is 7.11 Å². The van der Waals surface area contributed by atoms with Gasteiger partial charge in [0.25, 0.3) is 0 Å². The zero-order valence-electron chi connectivity index (χ0n) is 14.2. The van der Waals surface area contributed by atoms with E-state index in [2.05, 4.69) is 45.3 Å². The highest BCUT2D eigenvalue weighted by atomic mass is 16.5. The summed E-state index contributed by atoms with van der Waals surface area (Å²) in [6.45, 7) is 4.35. The van der Waals surface area contributed by atoms with E-state index in [0.29, 0.717) is 12.5 Å². The Morgan fingerprint density at radius 1 is 1.25 bits per heavy atom. The quantitative estimate of drug-likeness (QED) is 0.845. The Bertz CT molecular complexity index is 705. The van der Waals surface area contributed by atoms with Crippen molar-refractivity contribution in [2.45, 2.75) is 26.3 Å². The van der Waals surface area contributed by atoms with Crippen LogP contribution in [0.15, 0.2) is 24.3 Å². The topological polar surface area (TPSA) is 70.5 Å². The summed E-state index contributed by atoms with van der Waals surface area (Å²) in [7, 11) is 1.70. The van der Waals surface area contributed by atoms with Gasteiger partial charge in [-0.3, -0.25) is 0 Å². The SMILES string of the molecule is CCc1cc(N2CCc3cc(OC)ccc3C2)nc(NCCO)n1. The summed E-state index contributed by atoms with van der Waals surface area (Å²) in [5.74, 6) is 2.43. The maximum Gasteiger partial charge on any atom is 0.224 e. The van der Waals surface area contributed by atoms with Crippen molar-refractivity contribution >= 4 is 11.8 Å². The van der Waals surface area contributed by atoms with Gasteiger partial charge in [-0.25, -0.2) is 4.98 Å². The fraction of sp³-hybridized carbons (Fsp3) is 0.444. The summed E-state index contributed by atoms with van der Waals surface area (Å²) in [5.41, 5.74) is 3.65. The lowest BCUT2D eigenvalue weighted by Crippen LogP contribution is -2.31. The number of nitrogens with zero attached hydrogens (tertiary/aromatic N) is 3. The van der Waals surface area contributed by atoms with Crippen LogP contribution in [0.4, 0.5) is 11.8 Å². The number of aryl methyl sites for hydroxylation is 1. The molecule has 1 aliphatic rings. The lowest BCUT2D eigenvalue weighted by atomic mass is 9.99. The van der Waals surface area contributed by atoms with Crippen molar-refractivity contribution in [1.29, 1.82) is 0 Å². The van der Waals surface area contributed by atoms with E-state index in [0.717, 1.165) is 43.2 Å². The van der Waals surface area contributed by atoms with Crippen molar-refractivity contribution < 1.29 is 9.84 Å². The van der Waals surface area contributed by atoms with Gasteiger partial charge in [-0.05, 0) is 36.1 Å². The molecule has 24 heavy (non-hydrogen) atoms. The number of aliphatic hydroxyl groups excluding tert-OH is 1. The third-order valence-corrected chi connectivity index (χ3v) is 4.27. The Morgan fingerprint density at radius 2 is 2.12 bits per heavy atom. The standard InChI is InChI=1S/C18H24N4O2/c1-3-15-11-17(21-18(20-15)19-7-9-23)22-8-6-13-10-16(24-2)5-4-14(13)12-22/h4-5,10-11,23H,3,6-9,12H2,1-2H3,(H,19,20,21). The number of hydrogen-bond acceptors (Lipinski definition) is 6. The van der Waals surface area contributed by atoms with Crippen LogP contribution in [-0.2, 0) is 19.4 Å². The summed E-state index contributed by atoms with van der Waals surface area (Å²) in [5, 5.41) is 12.1. The lowest BCUT2D eigenvalue weighted by molar-refractivity contribution is 0.311. The Labute approximate surface area is 142 Å². The lowest BCUT2D eigenvalue weighted by Gasteiger charge is -2.30. The minimum atomic E-state index is 0.0635. The highest BCUT2D eigenvalue weighted by Gasteiger charge is 2.19. The number of anilines is 2. The van der Waals surface area contributed by atoms with E-state index >= 15 is 0 Å². The van der Waals surface area contributed by atoms with Crippen molar-refractivity contribution in [2.75, 3.05) is 37.0 Å². The maximum absolute atomic E-state index is 8.99. The number of rotatable bonds is 6. The van der Waals surface area contributed by atoms with Crippen molar-refractivity contribution in [3.63, 3.8) is 0 Å². The van der Waals surface area contributed by atoms with Crippen LogP contribution in [-0.4, -0.2) is 41.9 Å². The molecule has 2 heterocycles. The highest BCUT2D eigenvalue weighted by molar-refractivity contribution is 5.49. The fourth-order valence-electron chi connectivity index (χ4n) is 2.92. The Morgan fingerprint density at radius 3 is 2.88 bits per heavy atom. The zero-order valence-corrected chi connectivity index (χ0v) is 14.2. The molecule has 0 unspecified atom stereocenters. The summed E-state index contributed by atoms with van der Waals surface area (Å²) in [4.78, 5) is 11.4. The minimum absolute atomic E-state index is 0.0635. The van der Waals surface area contributed by atoms with Gasteiger partial charge in [0, 0.05) is 31.4 Å². The van der Waals surface area contributed by atoms with Crippen molar-refractivity contribution in [3.8, 4) is 5.75 Å². The van der Waals surface area contributed by atoms with Crippen molar-refractivity contribution in [2.24, 2.45) is 0 Å². The molecule has 0 saturated carbocycles. The van der Waals surface area contributed by atoms with Crippen LogP contribution in [0.1, 0.15) is 23.7 Å². The molecule has 2 aromatic rings. The first kappa shape index (κ1) is 16.5. The van der Waals surface area contributed by atoms with Crippen LogP contribution in [0.5, 0.6) is 5.75 Å². The van der Waals surface area contributed by atoms with E-state index in [1.165, 1.54) is 11.1 Å². The molecule has 6 nitrogen and oxygen atoms in total. The summed E-state index contributed by atoms with van der Waals surface area (Å²) < 4.78 is 5.31. The first-order chi connectivity index (χ1) is 11.7. The fourth-order valence-corrected chi connectivity index (χ4v) is 2.92. The van der Waals surface area contributed by atoms with E-state index in [4.69, 9.17) is 9.84 Å². The number of aliphatic hydroxyl groups is 1. The number of nitrogens with one attached hydrogen (secondary N) is 1. The van der Waals surface area contributed by atoms with E-state index in [1.807, 2.05) is 6.07 Å². The Hall–Kier alpha value is -2.34. The Kier molecular flexibility index (Phi) is 5.15. The summed E-state index contributed by atoms with van der Waals surface area (Å²) >= 11 is 0. The first-order valence-electron chi connectivity index (χ1n) is 8.37. The van der Waals surface area contributed by atoms with Crippen molar-refractivity contribution in [1.82, 2.24) is 9.97 Å². The molecule has 2 N–H and O–H groups in total. The molecule has 1 aromatic heterocycles. The molecule has 0 amide bonds. The highest BCUT2D eigenvalue weighted by Crippen LogP contribution is 2.27. The van der Waals surface area contributed by atoms with Gasteiger partial charge in [-0.15, -0.1) is 0 Å². The minimum Gasteiger partial charge on any atom is -0.497 e. The van der Waals surface area contributed by atoms with Crippen LogP contribution in [0.3, 0.4) is 0 Å². The second kappa shape index (κ2) is 7.49. The Balaban J connectivity index is 1.83. The average molecular weight is 328 g/mol. The predicted molar refractivity (Wildman–Crippen MR) is 94.7 cm³/mol. The second-order valence-electron chi connectivity index (χ2n) is 5.85. The molecule has 0 spiro atoms. The van der Waals surface area contributed by atoms with Crippen LogP contribution in [0.2, 0.25) is 0 Å². The molecule has 3 rings (SSSR count). The van der Waals surface area contributed by atoms with E-state index in [9.17, 15) is 0 Å². The van der Waals surface area contributed by atoms with E-state index < -0.39 is 0 Å². The van der Waals surface area contributed by atoms with Crippen LogP contribution in [0, 0.1) is 0 Å². The number of fused-ring (bicyclic) bond motifs is 1. The number of ether oxygens (including phenoxy) is 1.